The molecule has 2 bridgehead atoms. The first-order chi connectivity index (χ1) is 16.5. The zero-order valence-corrected chi connectivity index (χ0v) is 19.1. The second-order valence-corrected chi connectivity index (χ2v) is 9.53. The van der Waals surface area contributed by atoms with Gasteiger partial charge in [0.1, 0.15) is 25.1 Å². The highest BCUT2D eigenvalue weighted by Crippen LogP contribution is 2.49. The van der Waals surface area contributed by atoms with Crippen molar-refractivity contribution in [3.63, 3.8) is 0 Å². The molecule has 0 spiro atoms. The summed E-state index contributed by atoms with van der Waals surface area (Å²) in [5.41, 5.74) is 0.440. The molecule has 1 unspecified atom stereocenters. The number of aliphatic hydroxyl groups excluding tert-OH is 1. The van der Waals surface area contributed by atoms with Crippen molar-refractivity contribution < 1.29 is 19.3 Å². The summed E-state index contributed by atoms with van der Waals surface area (Å²) in [4.78, 5) is 23.7. The van der Waals surface area contributed by atoms with Crippen LogP contribution in [0.15, 0.2) is 47.5 Å². The summed E-state index contributed by atoms with van der Waals surface area (Å²) in [5.74, 6) is 2.20. The Kier molecular flexibility index (Phi) is 5.00. The molecule has 178 valence electrons. The number of fused-ring (bicyclic) bond motifs is 5. The number of hydrogen-bond donors (Lipinski definition) is 1. The lowest BCUT2D eigenvalue weighted by Crippen LogP contribution is -2.66. The van der Waals surface area contributed by atoms with Crippen LogP contribution in [0.2, 0.25) is 0 Å². The Bertz CT molecular complexity index is 1270. The molecule has 9 heteroatoms. The molecule has 1 N–H and O–H groups in total. The van der Waals surface area contributed by atoms with E-state index < -0.39 is 11.7 Å². The first-order valence-corrected chi connectivity index (χ1v) is 11.8. The third-order valence-electron chi connectivity index (χ3n) is 7.85. The van der Waals surface area contributed by atoms with Crippen molar-refractivity contribution in [3.05, 3.63) is 53.1 Å². The molecule has 34 heavy (non-hydrogen) atoms. The van der Waals surface area contributed by atoms with E-state index in [9.17, 15) is 9.90 Å². The first-order valence-electron chi connectivity index (χ1n) is 11.8. The van der Waals surface area contributed by atoms with Crippen LogP contribution in [0.25, 0.3) is 11.0 Å². The molecule has 3 aliphatic heterocycles. The largest absolute Gasteiger partial charge is 0.486 e. The molecule has 1 saturated carbocycles. The quantitative estimate of drug-likeness (QED) is 0.613. The highest BCUT2D eigenvalue weighted by Gasteiger charge is 2.55. The zero-order valence-electron chi connectivity index (χ0n) is 19.1. The van der Waals surface area contributed by atoms with Crippen LogP contribution in [-0.4, -0.2) is 63.8 Å². The van der Waals surface area contributed by atoms with Gasteiger partial charge in [-0.3, -0.25) is 9.78 Å². The monoisotopic (exact) mass is 464 g/mol. The Hall–Kier alpha value is -3.17. The van der Waals surface area contributed by atoms with Crippen LogP contribution < -0.4 is 19.9 Å². The minimum Gasteiger partial charge on any atom is -0.486 e. The average Bonchev–Trinajstić information content (AvgIpc) is 2.90. The summed E-state index contributed by atoms with van der Waals surface area (Å²) in [6.07, 6.45) is 5.76. The summed E-state index contributed by atoms with van der Waals surface area (Å²) < 4.78 is 19.3. The second kappa shape index (κ2) is 7.95. The maximum atomic E-state index is 12.6. The van der Waals surface area contributed by atoms with Crippen LogP contribution in [-0.2, 0) is 11.3 Å². The van der Waals surface area contributed by atoms with Gasteiger partial charge in [-0.15, -0.1) is 0 Å². The van der Waals surface area contributed by atoms with Crippen molar-refractivity contribution >= 4 is 16.9 Å². The van der Waals surface area contributed by atoms with Gasteiger partial charge in [0.2, 0.25) is 0 Å². The third kappa shape index (κ3) is 3.33. The van der Waals surface area contributed by atoms with Gasteiger partial charge in [0.05, 0.1) is 41.5 Å². The Morgan fingerprint density at radius 3 is 2.68 bits per heavy atom. The van der Waals surface area contributed by atoms with Crippen molar-refractivity contribution in [1.82, 2.24) is 14.5 Å². The van der Waals surface area contributed by atoms with Gasteiger partial charge in [0.25, 0.3) is 5.56 Å². The fourth-order valence-electron chi connectivity index (χ4n) is 5.58. The average molecular weight is 465 g/mol. The van der Waals surface area contributed by atoms with E-state index in [1.807, 2.05) is 19.2 Å². The van der Waals surface area contributed by atoms with Gasteiger partial charge in [-0.2, -0.15) is 0 Å². The van der Waals surface area contributed by atoms with Gasteiger partial charge in [-0.1, -0.05) is 0 Å². The number of aliphatic hydroxyl groups is 1. The van der Waals surface area contributed by atoms with Crippen LogP contribution in [0.3, 0.4) is 0 Å². The van der Waals surface area contributed by atoms with E-state index in [1.165, 1.54) is 6.07 Å². The van der Waals surface area contributed by atoms with Crippen molar-refractivity contribution in [1.29, 1.82) is 0 Å². The minimum atomic E-state index is -0.799. The maximum absolute atomic E-state index is 12.6. The van der Waals surface area contributed by atoms with E-state index in [0.29, 0.717) is 44.2 Å². The first kappa shape index (κ1) is 21.4. The second-order valence-electron chi connectivity index (χ2n) is 9.53. The number of nitrogens with zero attached hydrogens (tertiary/aromatic N) is 4. The SMILES string of the molecule is CN(c1cc2c(cn1)OCCO2)C12CCC(C(O)Cn3c(=O)ccc4ncccc43)(CC1)OC2. The number of likely N-dealkylation sites (N-methyl/N-ethyl adjacent to an activating group) is 1. The topological polar surface area (TPSA) is 98.9 Å². The van der Waals surface area contributed by atoms with Gasteiger partial charge in [-0.05, 0) is 43.9 Å². The van der Waals surface area contributed by atoms with Gasteiger partial charge in [-0.25, -0.2) is 4.98 Å². The fraction of sp³-hybridized carbons (Fsp3) is 0.480. The number of anilines is 1. The molecule has 7 rings (SSSR count). The number of aromatic nitrogens is 3. The molecular weight excluding hydrogens is 436 g/mol. The van der Waals surface area contributed by atoms with Crippen molar-refractivity contribution in [2.45, 2.75) is 49.5 Å². The molecule has 0 radical (unpaired) electrons. The van der Waals surface area contributed by atoms with Crippen molar-refractivity contribution in [2.75, 3.05) is 31.8 Å². The smallest absolute Gasteiger partial charge is 0.251 e. The lowest BCUT2D eigenvalue weighted by molar-refractivity contribution is -0.205. The number of rotatable bonds is 5. The molecule has 3 aromatic heterocycles. The van der Waals surface area contributed by atoms with Crippen LogP contribution >= 0.6 is 0 Å². The highest BCUT2D eigenvalue weighted by atomic mass is 16.6. The molecule has 0 aromatic carbocycles. The maximum Gasteiger partial charge on any atom is 0.251 e. The number of ether oxygens (including phenoxy) is 3. The predicted molar refractivity (Wildman–Crippen MR) is 126 cm³/mol. The Balaban J connectivity index is 1.21. The molecule has 1 aliphatic carbocycles. The van der Waals surface area contributed by atoms with Gasteiger partial charge in [0, 0.05) is 25.4 Å². The third-order valence-corrected chi connectivity index (χ3v) is 7.85. The molecule has 2 saturated heterocycles. The summed E-state index contributed by atoms with van der Waals surface area (Å²) in [6.45, 7) is 1.73. The molecule has 4 aliphatic rings. The van der Waals surface area contributed by atoms with Gasteiger partial charge < -0.3 is 28.8 Å². The Morgan fingerprint density at radius 2 is 1.91 bits per heavy atom. The van der Waals surface area contributed by atoms with E-state index in [1.54, 1.807) is 29.1 Å². The molecular formula is C25H28N4O5. The van der Waals surface area contributed by atoms with Crippen LogP contribution in [0, 0.1) is 0 Å². The van der Waals surface area contributed by atoms with Gasteiger partial charge in [0.15, 0.2) is 11.5 Å². The van der Waals surface area contributed by atoms with Crippen molar-refractivity contribution in [2.24, 2.45) is 0 Å². The van der Waals surface area contributed by atoms with Crippen LogP contribution in [0.5, 0.6) is 11.5 Å². The Labute approximate surface area is 196 Å². The van der Waals surface area contributed by atoms with Crippen LogP contribution in [0.1, 0.15) is 25.7 Å². The highest BCUT2D eigenvalue weighted by molar-refractivity contribution is 5.74. The van der Waals surface area contributed by atoms with Gasteiger partial charge >= 0.3 is 0 Å². The van der Waals surface area contributed by atoms with E-state index in [4.69, 9.17) is 14.2 Å². The summed E-state index contributed by atoms with van der Waals surface area (Å²) >= 11 is 0. The molecule has 3 fully saturated rings. The normalized spacial score (nSPS) is 26.4. The lowest BCUT2D eigenvalue weighted by atomic mass is 9.68. The number of pyridine rings is 3. The molecule has 0 amide bonds. The van der Waals surface area contributed by atoms with E-state index in [-0.39, 0.29) is 17.6 Å². The predicted octanol–water partition coefficient (Wildman–Crippen LogP) is 2.14. The molecule has 9 nitrogen and oxygen atoms in total. The minimum absolute atomic E-state index is 0.152. The van der Waals surface area contributed by atoms with E-state index in [2.05, 4.69) is 14.9 Å². The van der Waals surface area contributed by atoms with E-state index >= 15 is 0 Å². The summed E-state index contributed by atoms with van der Waals surface area (Å²) in [7, 11) is 2.04. The zero-order chi connectivity index (χ0) is 23.3. The van der Waals surface area contributed by atoms with Crippen LogP contribution in [0.4, 0.5) is 5.82 Å². The summed E-state index contributed by atoms with van der Waals surface area (Å²) in [5, 5.41) is 11.3. The molecule has 1 atom stereocenters. The Morgan fingerprint density at radius 1 is 1.12 bits per heavy atom. The fourth-order valence-corrected chi connectivity index (χ4v) is 5.58. The van der Waals surface area contributed by atoms with E-state index in [0.717, 1.165) is 29.7 Å². The van der Waals surface area contributed by atoms with Crippen molar-refractivity contribution in [3.8, 4) is 11.5 Å². The molecule has 3 aromatic rings. The molecule has 6 heterocycles. The number of hydrogen-bond acceptors (Lipinski definition) is 8. The standard InChI is InChI=1S/C25H28N4O5/c1-28(22-13-19-20(14-27-22)33-12-11-32-19)24-6-8-25(9-7-24,34-16-24)21(30)15-29-18-3-2-10-26-17(18)4-5-23(29)31/h2-5,10,13-14,21,30H,6-9,11-12,15-16H2,1H3. The lowest BCUT2D eigenvalue weighted by Gasteiger charge is -2.57. The summed E-state index contributed by atoms with van der Waals surface area (Å²) in [6, 6.07) is 8.80.